The third kappa shape index (κ3) is 2.94. The molecule has 0 aliphatic heterocycles. The van der Waals surface area contributed by atoms with Crippen molar-refractivity contribution in [2.75, 3.05) is 0 Å². The summed E-state index contributed by atoms with van der Waals surface area (Å²) in [5, 5.41) is 9.44. The number of aromatic nitrogens is 2. The molecule has 1 aliphatic carbocycles. The Hall–Kier alpha value is -1.43. The number of amides is 1. The van der Waals surface area contributed by atoms with Gasteiger partial charge in [-0.15, -0.1) is 0 Å². The molecule has 4 N–H and O–H groups in total. The van der Waals surface area contributed by atoms with Gasteiger partial charge in [-0.3, -0.25) is 9.89 Å². The summed E-state index contributed by atoms with van der Waals surface area (Å²) >= 11 is 5.19. The second kappa shape index (κ2) is 5.69. The van der Waals surface area contributed by atoms with E-state index in [4.69, 9.17) is 18.0 Å². The number of carbonyl (C=O) groups excluding carboxylic acids is 1. The summed E-state index contributed by atoms with van der Waals surface area (Å²) in [4.78, 5) is 12.5. The lowest BCUT2D eigenvalue weighted by molar-refractivity contribution is 0.0893. The van der Waals surface area contributed by atoms with Gasteiger partial charge in [-0.2, -0.15) is 5.10 Å². The molecular weight excluding hydrogens is 260 g/mol. The van der Waals surface area contributed by atoms with Crippen LogP contribution in [0.4, 0.5) is 0 Å². The van der Waals surface area contributed by atoms with Crippen molar-refractivity contribution < 1.29 is 4.79 Å². The number of H-pyrrole nitrogens is 1. The highest BCUT2D eigenvalue weighted by molar-refractivity contribution is 7.80. The molecule has 1 heterocycles. The zero-order chi connectivity index (χ0) is 13.9. The molecule has 104 valence electrons. The fourth-order valence-corrected chi connectivity index (χ4v) is 2.93. The Morgan fingerprint density at radius 3 is 2.79 bits per heavy atom. The third-order valence-corrected chi connectivity index (χ3v) is 4.50. The molecular formula is C13H20N4OS. The maximum atomic E-state index is 12.1. The smallest absolute Gasteiger partial charge is 0.270 e. The van der Waals surface area contributed by atoms with E-state index in [1.165, 1.54) is 6.42 Å². The molecule has 5 nitrogen and oxygen atoms in total. The third-order valence-electron chi connectivity index (χ3n) is 4.11. The zero-order valence-corrected chi connectivity index (χ0v) is 11.9. The van der Waals surface area contributed by atoms with Crippen molar-refractivity contribution in [3.8, 4) is 0 Å². The number of aromatic amines is 1. The monoisotopic (exact) mass is 280 g/mol. The molecule has 1 aliphatic rings. The number of carbonyl (C=O) groups is 1. The van der Waals surface area contributed by atoms with Gasteiger partial charge in [-0.05, 0) is 37.7 Å². The highest BCUT2D eigenvalue weighted by Gasteiger charge is 2.39. The minimum Gasteiger partial charge on any atom is -0.391 e. The largest absolute Gasteiger partial charge is 0.391 e. The van der Waals surface area contributed by atoms with Crippen molar-refractivity contribution in [1.29, 1.82) is 0 Å². The van der Waals surface area contributed by atoms with Crippen LogP contribution in [0.2, 0.25) is 0 Å². The van der Waals surface area contributed by atoms with Crippen LogP contribution in [0.25, 0.3) is 0 Å². The van der Waals surface area contributed by atoms with Crippen LogP contribution in [-0.2, 0) is 0 Å². The first-order valence-corrected chi connectivity index (χ1v) is 7.10. The molecule has 0 spiro atoms. The van der Waals surface area contributed by atoms with E-state index in [0.29, 0.717) is 16.6 Å². The van der Waals surface area contributed by atoms with E-state index in [1.807, 2.05) is 0 Å². The van der Waals surface area contributed by atoms with Crippen LogP contribution in [0, 0.1) is 5.92 Å². The number of hydrogen-bond acceptors (Lipinski definition) is 3. The molecule has 0 bridgehead atoms. The van der Waals surface area contributed by atoms with Gasteiger partial charge < -0.3 is 11.1 Å². The Labute approximate surface area is 118 Å². The summed E-state index contributed by atoms with van der Waals surface area (Å²) in [5.74, 6) is 0.520. The Kier molecular flexibility index (Phi) is 4.19. The fourth-order valence-electron chi connectivity index (χ4n) is 2.68. The Morgan fingerprint density at radius 2 is 2.32 bits per heavy atom. The van der Waals surface area contributed by atoms with E-state index in [0.717, 1.165) is 25.7 Å². The van der Waals surface area contributed by atoms with Crippen molar-refractivity contribution in [3.63, 3.8) is 0 Å². The molecule has 6 heteroatoms. The van der Waals surface area contributed by atoms with Crippen molar-refractivity contribution in [1.82, 2.24) is 15.5 Å². The molecule has 19 heavy (non-hydrogen) atoms. The van der Waals surface area contributed by atoms with E-state index in [2.05, 4.69) is 22.4 Å². The predicted molar refractivity (Wildman–Crippen MR) is 77.8 cm³/mol. The Bertz CT molecular complexity index is 449. The van der Waals surface area contributed by atoms with Crippen LogP contribution in [0.3, 0.4) is 0 Å². The molecule has 1 aromatic rings. The number of hydrogen-bond donors (Lipinski definition) is 3. The average molecular weight is 280 g/mol. The first-order valence-electron chi connectivity index (χ1n) is 6.69. The second-order valence-electron chi connectivity index (χ2n) is 5.22. The highest BCUT2D eigenvalue weighted by Crippen LogP contribution is 2.34. The molecule has 1 saturated carbocycles. The summed E-state index contributed by atoms with van der Waals surface area (Å²) in [6, 6.07) is 1.64. The van der Waals surface area contributed by atoms with Crippen molar-refractivity contribution in [2.45, 2.75) is 44.6 Å². The van der Waals surface area contributed by atoms with E-state index >= 15 is 0 Å². The molecule has 1 amide bonds. The van der Waals surface area contributed by atoms with Gasteiger partial charge in [0.25, 0.3) is 5.91 Å². The summed E-state index contributed by atoms with van der Waals surface area (Å²) in [5.41, 5.74) is 5.78. The molecule has 2 rings (SSSR count). The lowest BCUT2D eigenvalue weighted by Gasteiger charge is -2.39. The van der Waals surface area contributed by atoms with Crippen LogP contribution in [-0.4, -0.2) is 26.6 Å². The first-order chi connectivity index (χ1) is 9.07. The topological polar surface area (TPSA) is 83.8 Å². The summed E-state index contributed by atoms with van der Waals surface area (Å²) in [7, 11) is 0. The quantitative estimate of drug-likeness (QED) is 0.734. The van der Waals surface area contributed by atoms with Crippen LogP contribution in [0.1, 0.15) is 49.5 Å². The van der Waals surface area contributed by atoms with Gasteiger partial charge in [0.05, 0.1) is 10.5 Å². The number of nitrogens with one attached hydrogen (secondary N) is 2. The number of rotatable bonds is 4. The van der Waals surface area contributed by atoms with Gasteiger partial charge in [0.2, 0.25) is 0 Å². The van der Waals surface area contributed by atoms with Gasteiger partial charge in [0.1, 0.15) is 5.69 Å². The van der Waals surface area contributed by atoms with E-state index in [9.17, 15) is 4.79 Å². The van der Waals surface area contributed by atoms with E-state index in [1.54, 1.807) is 12.3 Å². The fraction of sp³-hybridized carbons (Fsp3) is 0.615. The number of thiocarbonyl (C=S) groups is 1. The van der Waals surface area contributed by atoms with Crippen LogP contribution in [0.15, 0.2) is 12.3 Å². The molecule has 0 radical (unpaired) electrons. The Morgan fingerprint density at radius 1 is 1.63 bits per heavy atom. The van der Waals surface area contributed by atoms with Gasteiger partial charge >= 0.3 is 0 Å². The van der Waals surface area contributed by atoms with Gasteiger partial charge in [-0.25, -0.2) is 0 Å². The van der Waals surface area contributed by atoms with Crippen molar-refractivity contribution in [2.24, 2.45) is 11.7 Å². The molecule has 1 fully saturated rings. The van der Waals surface area contributed by atoms with Crippen molar-refractivity contribution >= 4 is 23.1 Å². The van der Waals surface area contributed by atoms with Crippen LogP contribution >= 0.6 is 12.2 Å². The second-order valence-corrected chi connectivity index (χ2v) is 5.66. The van der Waals surface area contributed by atoms with Crippen LogP contribution in [0.5, 0.6) is 0 Å². The molecule has 1 aromatic heterocycles. The van der Waals surface area contributed by atoms with Crippen molar-refractivity contribution in [3.05, 3.63) is 18.0 Å². The summed E-state index contributed by atoms with van der Waals surface area (Å²) in [6.07, 6.45) is 6.47. The molecule has 0 aromatic carbocycles. The Balaban J connectivity index is 2.09. The zero-order valence-electron chi connectivity index (χ0n) is 11.1. The average Bonchev–Trinajstić information content (AvgIpc) is 2.93. The normalized spacial score (nSPS) is 26.9. The lowest BCUT2D eigenvalue weighted by atomic mass is 9.75. The van der Waals surface area contributed by atoms with E-state index < -0.39 is 5.54 Å². The summed E-state index contributed by atoms with van der Waals surface area (Å²) in [6.45, 7) is 2.20. The van der Waals surface area contributed by atoms with Gasteiger partial charge in [-0.1, -0.05) is 25.6 Å². The summed E-state index contributed by atoms with van der Waals surface area (Å²) < 4.78 is 0. The van der Waals surface area contributed by atoms with E-state index in [-0.39, 0.29) is 5.91 Å². The first kappa shape index (κ1) is 14.0. The number of nitrogens with zero attached hydrogens (tertiary/aromatic N) is 1. The SMILES string of the molecule is CCC1CCC(NC(=O)c2ccn[nH]2)(C(N)=S)CC1. The standard InChI is InChI=1S/C13H20N4OS/c1-2-9-3-6-13(7-4-9,12(14)19)16-11(18)10-5-8-15-17-10/h5,8-9H,2-4,6-7H2,1H3,(H2,14,19)(H,15,17)(H,16,18). The van der Waals surface area contributed by atoms with Gasteiger partial charge in [0.15, 0.2) is 0 Å². The minimum atomic E-state index is -0.538. The molecule has 0 unspecified atom stereocenters. The maximum Gasteiger partial charge on any atom is 0.270 e. The predicted octanol–water partition coefficient (Wildman–Crippen LogP) is 1.76. The number of nitrogens with two attached hydrogens (primary N) is 1. The highest BCUT2D eigenvalue weighted by atomic mass is 32.1. The molecule has 0 atom stereocenters. The maximum absolute atomic E-state index is 12.1. The molecule has 0 saturated heterocycles. The minimum absolute atomic E-state index is 0.194. The lowest BCUT2D eigenvalue weighted by Crippen LogP contribution is -2.58. The van der Waals surface area contributed by atoms with Gasteiger partial charge in [0, 0.05) is 6.20 Å². The van der Waals surface area contributed by atoms with Crippen LogP contribution < -0.4 is 11.1 Å².